The molecule has 2 aromatic carbocycles. The predicted molar refractivity (Wildman–Crippen MR) is 148 cm³/mol. The van der Waals surface area contributed by atoms with Gasteiger partial charge in [-0.25, -0.2) is 4.79 Å². The Bertz CT molecular complexity index is 1030. The number of hydrogen-bond acceptors (Lipinski definition) is 4. The lowest BCUT2D eigenvalue weighted by molar-refractivity contribution is -0.136. The van der Waals surface area contributed by atoms with Crippen LogP contribution in [0.5, 0.6) is 5.75 Å². The molecule has 0 saturated carbocycles. The van der Waals surface area contributed by atoms with E-state index in [1.807, 2.05) is 69.0 Å². The monoisotopic (exact) mass is 506 g/mol. The fraction of sp³-hybridized carbons (Fsp3) is 0.484. The number of carbonyl (C=O) groups is 2. The summed E-state index contributed by atoms with van der Waals surface area (Å²) in [7, 11) is 0. The molecular weight excluding hydrogens is 464 g/mol. The topological polar surface area (TPSA) is 67.9 Å². The number of hydrogen-bond donors (Lipinski definition) is 1. The van der Waals surface area contributed by atoms with Crippen molar-refractivity contribution >= 4 is 12.0 Å². The van der Waals surface area contributed by atoms with E-state index in [2.05, 4.69) is 36.2 Å². The third-order valence-electron chi connectivity index (χ3n) is 6.65. The molecule has 2 atom stereocenters. The van der Waals surface area contributed by atoms with Gasteiger partial charge in [0.1, 0.15) is 18.0 Å². The summed E-state index contributed by atoms with van der Waals surface area (Å²) in [6.07, 6.45) is 5.44. The largest absolute Gasteiger partial charge is 0.491 e. The smallest absolute Gasteiger partial charge is 0.407 e. The molecule has 1 N–H and O–H groups in total. The van der Waals surface area contributed by atoms with E-state index in [-0.39, 0.29) is 11.9 Å². The second-order valence-electron chi connectivity index (χ2n) is 11.1. The van der Waals surface area contributed by atoms with Crippen LogP contribution in [-0.4, -0.2) is 48.2 Å². The minimum Gasteiger partial charge on any atom is -0.491 e. The molecule has 0 aromatic heterocycles. The lowest BCUT2D eigenvalue weighted by Crippen LogP contribution is -2.39. The minimum atomic E-state index is -0.506. The first-order valence-corrected chi connectivity index (χ1v) is 13.2. The van der Waals surface area contributed by atoms with Gasteiger partial charge in [-0.05, 0) is 76.1 Å². The average molecular weight is 507 g/mol. The molecular formula is C31H42N2O4. The van der Waals surface area contributed by atoms with Crippen molar-refractivity contribution in [1.82, 2.24) is 10.2 Å². The molecule has 3 rings (SSSR count). The van der Waals surface area contributed by atoms with Crippen LogP contribution in [-0.2, 0) is 22.4 Å². The fourth-order valence-electron chi connectivity index (χ4n) is 4.82. The van der Waals surface area contributed by atoms with Gasteiger partial charge in [0.2, 0.25) is 5.91 Å². The van der Waals surface area contributed by atoms with E-state index < -0.39 is 17.1 Å². The molecule has 200 valence electrons. The van der Waals surface area contributed by atoms with Crippen LogP contribution in [0.25, 0.3) is 0 Å². The Morgan fingerprint density at radius 3 is 2.43 bits per heavy atom. The second kappa shape index (κ2) is 12.8. The van der Waals surface area contributed by atoms with Gasteiger partial charge in [0.25, 0.3) is 0 Å². The number of benzene rings is 2. The van der Waals surface area contributed by atoms with Crippen LogP contribution in [0.1, 0.15) is 58.1 Å². The second-order valence-corrected chi connectivity index (χ2v) is 11.1. The summed E-state index contributed by atoms with van der Waals surface area (Å²) in [5.74, 6) is 0.972. The summed E-state index contributed by atoms with van der Waals surface area (Å²) in [6, 6.07) is 18.3. The van der Waals surface area contributed by atoms with Crippen LogP contribution >= 0.6 is 0 Å². The SMILES string of the molecule is C=CCC1(C)CC(COc2ccc(CCNC(=O)OC(C)(C)C)cc2)N(CCCc2ccccc2)C1=O. The molecule has 0 radical (unpaired) electrons. The molecule has 0 spiro atoms. The number of carbonyl (C=O) groups excluding carboxylic acids is 2. The number of nitrogens with one attached hydrogen (secondary N) is 1. The molecule has 37 heavy (non-hydrogen) atoms. The summed E-state index contributed by atoms with van der Waals surface area (Å²) in [5.41, 5.74) is 1.46. The van der Waals surface area contributed by atoms with Crippen LogP contribution in [0.15, 0.2) is 67.3 Å². The van der Waals surface area contributed by atoms with E-state index in [1.54, 1.807) is 0 Å². The summed E-state index contributed by atoms with van der Waals surface area (Å²) in [6.45, 7) is 13.1. The Morgan fingerprint density at radius 2 is 1.78 bits per heavy atom. The van der Waals surface area contributed by atoms with Gasteiger partial charge in [-0.2, -0.15) is 0 Å². The number of rotatable bonds is 12. The minimum absolute atomic E-state index is 0.0333. The number of nitrogens with zero attached hydrogens (tertiary/aromatic N) is 1. The Hall–Kier alpha value is -3.28. The highest BCUT2D eigenvalue weighted by Gasteiger charge is 2.47. The lowest BCUT2D eigenvalue weighted by Gasteiger charge is -2.25. The first-order valence-electron chi connectivity index (χ1n) is 13.2. The van der Waals surface area contributed by atoms with Crippen molar-refractivity contribution in [2.24, 2.45) is 5.41 Å². The Kier molecular flexibility index (Phi) is 9.79. The van der Waals surface area contributed by atoms with Crippen molar-refractivity contribution < 1.29 is 19.1 Å². The molecule has 6 heteroatoms. The van der Waals surface area contributed by atoms with Crippen molar-refractivity contribution in [3.63, 3.8) is 0 Å². The van der Waals surface area contributed by atoms with E-state index in [9.17, 15) is 9.59 Å². The van der Waals surface area contributed by atoms with E-state index >= 15 is 0 Å². The van der Waals surface area contributed by atoms with Gasteiger partial charge >= 0.3 is 6.09 Å². The summed E-state index contributed by atoms with van der Waals surface area (Å²) < 4.78 is 11.4. The normalized spacial score (nSPS) is 19.5. The number of alkyl carbamates (subject to hydrolysis) is 1. The van der Waals surface area contributed by atoms with Crippen LogP contribution in [0.4, 0.5) is 4.79 Å². The van der Waals surface area contributed by atoms with Gasteiger partial charge in [-0.1, -0.05) is 55.5 Å². The molecule has 1 fully saturated rings. The van der Waals surface area contributed by atoms with Crippen molar-refractivity contribution in [1.29, 1.82) is 0 Å². The van der Waals surface area contributed by atoms with E-state index in [0.717, 1.165) is 37.1 Å². The highest BCUT2D eigenvalue weighted by atomic mass is 16.6. The molecule has 0 bridgehead atoms. The highest BCUT2D eigenvalue weighted by Crippen LogP contribution is 2.39. The zero-order valence-electron chi connectivity index (χ0n) is 22.8. The molecule has 1 aliphatic heterocycles. The van der Waals surface area contributed by atoms with Gasteiger partial charge in [-0.3, -0.25) is 4.79 Å². The maximum absolute atomic E-state index is 13.3. The fourth-order valence-corrected chi connectivity index (χ4v) is 4.82. The summed E-state index contributed by atoms with van der Waals surface area (Å²) in [4.78, 5) is 27.2. The van der Waals surface area contributed by atoms with E-state index in [4.69, 9.17) is 9.47 Å². The first-order chi connectivity index (χ1) is 17.6. The average Bonchev–Trinajstić information content (AvgIpc) is 3.08. The predicted octanol–water partition coefficient (Wildman–Crippen LogP) is 5.95. The number of allylic oxidation sites excluding steroid dienone is 1. The summed E-state index contributed by atoms with van der Waals surface area (Å²) in [5, 5.41) is 2.78. The van der Waals surface area contributed by atoms with Gasteiger partial charge in [0, 0.05) is 13.1 Å². The van der Waals surface area contributed by atoms with Crippen LogP contribution in [0.3, 0.4) is 0 Å². The van der Waals surface area contributed by atoms with Crippen LogP contribution < -0.4 is 10.1 Å². The molecule has 1 heterocycles. The number of ether oxygens (including phenoxy) is 2. The van der Waals surface area contributed by atoms with E-state index in [1.165, 1.54) is 5.56 Å². The number of aryl methyl sites for hydroxylation is 1. The Labute approximate surface area is 222 Å². The first kappa shape index (κ1) is 28.3. The van der Waals surface area contributed by atoms with Crippen molar-refractivity contribution in [2.45, 2.75) is 71.4 Å². The molecule has 2 unspecified atom stereocenters. The maximum Gasteiger partial charge on any atom is 0.407 e. The van der Waals surface area contributed by atoms with Crippen molar-refractivity contribution in [3.8, 4) is 5.75 Å². The molecule has 6 nitrogen and oxygen atoms in total. The molecule has 0 aliphatic carbocycles. The molecule has 1 saturated heterocycles. The van der Waals surface area contributed by atoms with Gasteiger partial charge in [0.05, 0.1) is 11.5 Å². The third-order valence-corrected chi connectivity index (χ3v) is 6.65. The highest BCUT2D eigenvalue weighted by molar-refractivity contribution is 5.85. The molecule has 2 aromatic rings. The molecule has 1 aliphatic rings. The van der Waals surface area contributed by atoms with Gasteiger partial charge in [0.15, 0.2) is 0 Å². The Balaban J connectivity index is 1.52. The van der Waals surface area contributed by atoms with Gasteiger partial charge < -0.3 is 19.7 Å². The summed E-state index contributed by atoms with van der Waals surface area (Å²) >= 11 is 0. The van der Waals surface area contributed by atoms with Crippen molar-refractivity contribution in [2.75, 3.05) is 19.7 Å². The van der Waals surface area contributed by atoms with E-state index in [0.29, 0.717) is 26.0 Å². The zero-order valence-corrected chi connectivity index (χ0v) is 22.8. The Morgan fingerprint density at radius 1 is 1.11 bits per heavy atom. The number of likely N-dealkylation sites (tertiary alicyclic amines) is 1. The third kappa shape index (κ3) is 8.66. The zero-order chi connectivity index (χ0) is 26.9. The lowest BCUT2D eigenvalue weighted by atomic mass is 9.84. The number of amides is 2. The van der Waals surface area contributed by atoms with Gasteiger partial charge in [-0.15, -0.1) is 6.58 Å². The molecule has 2 amide bonds. The maximum atomic E-state index is 13.3. The standard InChI is InChI=1S/C31H42N2O4/c1-6-19-31(5)22-26(33(28(31)34)21-10-13-24-11-8-7-9-12-24)23-36-27-16-14-25(15-17-27)18-20-32-29(35)37-30(2,3)4/h6-9,11-12,14-17,26H,1,10,13,18-23H2,2-5H3,(H,32,35). The quantitative estimate of drug-likeness (QED) is 0.361. The van der Waals surface area contributed by atoms with Crippen molar-refractivity contribution in [3.05, 3.63) is 78.4 Å². The van der Waals surface area contributed by atoms with Crippen LogP contribution in [0.2, 0.25) is 0 Å². The van der Waals surface area contributed by atoms with Crippen LogP contribution in [0, 0.1) is 5.41 Å².